The summed E-state index contributed by atoms with van der Waals surface area (Å²) in [5.74, 6) is 0.00539. The lowest BCUT2D eigenvalue weighted by atomic mass is 9.93. The number of nitrogens with one attached hydrogen (secondary N) is 1. The van der Waals surface area contributed by atoms with Crippen LogP contribution in [0.2, 0.25) is 0 Å². The van der Waals surface area contributed by atoms with Gasteiger partial charge in [0.2, 0.25) is 5.91 Å². The highest BCUT2D eigenvalue weighted by Gasteiger charge is 2.30. The number of hydrogen-bond donors (Lipinski definition) is 2. The van der Waals surface area contributed by atoms with E-state index in [0.29, 0.717) is 18.1 Å². The molecule has 4 nitrogen and oxygen atoms in total. The third kappa shape index (κ3) is 3.42. The van der Waals surface area contributed by atoms with E-state index in [0.717, 1.165) is 6.42 Å². The van der Waals surface area contributed by atoms with Crippen molar-refractivity contribution in [3.63, 3.8) is 0 Å². The predicted octanol–water partition coefficient (Wildman–Crippen LogP) is 0.840. The molecule has 0 bridgehead atoms. The van der Waals surface area contributed by atoms with Crippen LogP contribution in [0, 0.1) is 11.3 Å². The smallest absolute Gasteiger partial charge is 0.225 e. The van der Waals surface area contributed by atoms with Gasteiger partial charge in [-0.25, -0.2) is 0 Å². The zero-order valence-corrected chi connectivity index (χ0v) is 10.9. The number of carbonyl (C=O) groups excluding carboxylic acids is 1. The first kappa shape index (κ1) is 13.4. The molecule has 1 aliphatic rings. The van der Waals surface area contributed by atoms with Crippen LogP contribution in [0.25, 0.3) is 0 Å². The third-order valence-electron chi connectivity index (χ3n) is 2.94. The van der Waals surface area contributed by atoms with Gasteiger partial charge in [-0.05, 0) is 13.3 Å². The van der Waals surface area contributed by atoms with E-state index in [1.807, 2.05) is 20.8 Å². The molecule has 0 aromatic heterocycles. The van der Waals surface area contributed by atoms with Crippen molar-refractivity contribution in [1.29, 1.82) is 0 Å². The van der Waals surface area contributed by atoms with E-state index < -0.39 is 0 Å². The fourth-order valence-corrected chi connectivity index (χ4v) is 1.61. The summed E-state index contributed by atoms with van der Waals surface area (Å²) in [6, 6.07) is 0. The maximum Gasteiger partial charge on any atom is 0.225 e. The quantitative estimate of drug-likeness (QED) is 0.719. The fraction of sp³-hybridized carbons (Fsp3) is 0.818. The fourth-order valence-electron chi connectivity index (χ4n) is 1.54. The molecule has 1 saturated heterocycles. The summed E-state index contributed by atoms with van der Waals surface area (Å²) in [5.41, 5.74) is 5.25. The van der Waals surface area contributed by atoms with Crippen molar-refractivity contribution in [3.05, 3.63) is 0 Å². The minimum absolute atomic E-state index is 0.0304. The molecule has 1 fully saturated rings. The zero-order valence-electron chi connectivity index (χ0n) is 10.1. The van der Waals surface area contributed by atoms with Crippen LogP contribution < -0.4 is 11.1 Å². The number of rotatable bonds is 4. The van der Waals surface area contributed by atoms with Crippen LogP contribution in [0.1, 0.15) is 27.2 Å². The van der Waals surface area contributed by atoms with E-state index in [2.05, 4.69) is 5.32 Å². The predicted molar refractivity (Wildman–Crippen MR) is 67.1 cm³/mol. The summed E-state index contributed by atoms with van der Waals surface area (Å²) >= 11 is 4.94. The largest absolute Gasteiger partial charge is 0.393 e. The van der Waals surface area contributed by atoms with Crippen molar-refractivity contribution in [2.24, 2.45) is 17.1 Å². The first-order valence-corrected chi connectivity index (χ1v) is 5.93. The second-order valence-corrected chi connectivity index (χ2v) is 5.48. The van der Waals surface area contributed by atoms with Gasteiger partial charge in [0.05, 0.1) is 23.6 Å². The van der Waals surface area contributed by atoms with Crippen LogP contribution in [0.5, 0.6) is 0 Å². The monoisotopic (exact) mass is 244 g/mol. The van der Waals surface area contributed by atoms with E-state index in [9.17, 15) is 4.79 Å². The van der Waals surface area contributed by atoms with Crippen LogP contribution in [-0.4, -0.2) is 30.2 Å². The molecule has 1 amide bonds. The molecule has 1 aliphatic heterocycles. The maximum absolute atomic E-state index is 11.8. The number of ether oxygens (including phenoxy) is 1. The van der Waals surface area contributed by atoms with E-state index in [1.54, 1.807) is 0 Å². The lowest BCUT2D eigenvalue weighted by molar-refractivity contribution is -0.125. The maximum atomic E-state index is 11.8. The van der Waals surface area contributed by atoms with Gasteiger partial charge in [-0.15, -0.1) is 0 Å². The van der Waals surface area contributed by atoms with Crippen molar-refractivity contribution in [2.45, 2.75) is 33.3 Å². The molecule has 0 aliphatic carbocycles. The Morgan fingerprint density at radius 1 is 1.62 bits per heavy atom. The van der Waals surface area contributed by atoms with Crippen LogP contribution in [0.15, 0.2) is 0 Å². The Kier molecular flexibility index (Phi) is 4.27. The van der Waals surface area contributed by atoms with Crippen molar-refractivity contribution in [3.8, 4) is 0 Å². The molecule has 5 heteroatoms. The molecule has 1 rings (SSSR count). The number of thiocarbonyl (C=S) groups is 1. The molecule has 2 atom stereocenters. The van der Waals surface area contributed by atoms with Crippen LogP contribution >= 0.6 is 12.2 Å². The molecule has 16 heavy (non-hydrogen) atoms. The summed E-state index contributed by atoms with van der Waals surface area (Å²) in [5, 5.41) is 2.88. The number of carbonyl (C=O) groups is 1. The van der Waals surface area contributed by atoms with Crippen molar-refractivity contribution < 1.29 is 9.53 Å². The van der Waals surface area contributed by atoms with E-state index in [1.165, 1.54) is 0 Å². The van der Waals surface area contributed by atoms with Gasteiger partial charge in [0.25, 0.3) is 0 Å². The summed E-state index contributed by atoms with van der Waals surface area (Å²) in [7, 11) is 0. The molecular weight excluding hydrogens is 224 g/mol. The Morgan fingerprint density at radius 2 is 2.25 bits per heavy atom. The Balaban J connectivity index is 2.38. The van der Waals surface area contributed by atoms with Crippen molar-refractivity contribution in [2.75, 3.05) is 13.2 Å². The van der Waals surface area contributed by atoms with Crippen LogP contribution in [0.4, 0.5) is 0 Å². The Labute approximate surface area is 102 Å². The van der Waals surface area contributed by atoms with Crippen LogP contribution in [-0.2, 0) is 9.53 Å². The minimum atomic E-state index is -0.337. The summed E-state index contributed by atoms with van der Waals surface area (Å²) < 4.78 is 5.35. The van der Waals surface area contributed by atoms with Gasteiger partial charge in [-0.2, -0.15) is 0 Å². The molecule has 0 aromatic carbocycles. The highest BCUT2D eigenvalue weighted by molar-refractivity contribution is 7.80. The minimum Gasteiger partial charge on any atom is -0.393 e. The van der Waals surface area contributed by atoms with E-state index in [-0.39, 0.29) is 23.3 Å². The molecule has 92 valence electrons. The van der Waals surface area contributed by atoms with Gasteiger partial charge < -0.3 is 15.8 Å². The molecule has 3 N–H and O–H groups in total. The van der Waals surface area contributed by atoms with Crippen LogP contribution in [0.3, 0.4) is 0 Å². The average molecular weight is 244 g/mol. The number of nitrogens with two attached hydrogens (primary N) is 1. The van der Waals surface area contributed by atoms with E-state index >= 15 is 0 Å². The third-order valence-corrected chi connectivity index (χ3v) is 3.49. The first-order valence-electron chi connectivity index (χ1n) is 5.52. The lowest BCUT2D eigenvalue weighted by Crippen LogP contribution is -2.43. The molecule has 0 radical (unpaired) electrons. The van der Waals surface area contributed by atoms with Gasteiger partial charge >= 0.3 is 0 Å². The normalized spacial score (nSPS) is 25.4. The molecule has 1 heterocycles. The first-order chi connectivity index (χ1) is 7.33. The molecule has 0 saturated carbocycles. The van der Waals surface area contributed by atoms with Gasteiger partial charge in [-0.3, -0.25) is 4.79 Å². The summed E-state index contributed by atoms with van der Waals surface area (Å²) in [6.07, 6.45) is 0.971. The second-order valence-electron chi connectivity index (χ2n) is 5.04. The summed E-state index contributed by atoms with van der Waals surface area (Å²) in [6.45, 7) is 6.81. The Hall–Kier alpha value is -0.680. The van der Waals surface area contributed by atoms with Gasteiger partial charge in [0, 0.05) is 12.0 Å². The molecular formula is C11H20N2O2S. The second kappa shape index (κ2) is 5.10. The molecule has 0 spiro atoms. The Morgan fingerprint density at radius 3 is 2.69 bits per heavy atom. The standard InChI is InChI=1S/C11H20N2O2S/c1-7-4-8(5-15-7)9(14)13-6-11(2,3)10(12)16/h7-8H,4-6H2,1-3H3,(H2,12,16)(H,13,14). The van der Waals surface area contributed by atoms with Gasteiger partial charge in [0.1, 0.15) is 0 Å². The van der Waals surface area contributed by atoms with Gasteiger partial charge in [-0.1, -0.05) is 26.1 Å². The zero-order chi connectivity index (χ0) is 12.3. The van der Waals surface area contributed by atoms with Crippen molar-refractivity contribution >= 4 is 23.1 Å². The number of amides is 1. The molecule has 0 aromatic rings. The van der Waals surface area contributed by atoms with Gasteiger partial charge in [0.15, 0.2) is 0 Å². The SMILES string of the molecule is CC1CC(C(=O)NCC(C)(C)C(N)=S)CO1. The molecule has 2 unspecified atom stereocenters. The topological polar surface area (TPSA) is 64.4 Å². The summed E-state index contributed by atoms with van der Waals surface area (Å²) in [4.78, 5) is 12.2. The Bertz CT molecular complexity index is 292. The highest BCUT2D eigenvalue weighted by atomic mass is 32.1. The average Bonchev–Trinajstić information content (AvgIpc) is 2.61. The highest BCUT2D eigenvalue weighted by Crippen LogP contribution is 2.20. The lowest BCUT2D eigenvalue weighted by Gasteiger charge is -2.24. The van der Waals surface area contributed by atoms with Crippen molar-refractivity contribution in [1.82, 2.24) is 5.32 Å². The van der Waals surface area contributed by atoms with E-state index in [4.69, 9.17) is 22.7 Å². The number of hydrogen-bond acceptors (Lipinski definition) is 3.